The first-order chi connectivity index (χ1) is 9.01. The molecule has 104 valence electrons. The fraction of sp³-hybridized carbons (Fsp3) is 0.533. The predicted molar refractivity (Wildman–Crippen MR) is 87.2 cm³/mol. The van der Waals surface area contributed by atoms with Crippen molar-refractivity contribution in [3.05, 3.63) is 28.8 Å². The van der Waals surface area contributed by atoms with Crippen LogP contribution in [0.2, 0.25) is 5.02 Å². The molecule has 1 aliphatic heterocycles. The van der Waals surface area contributed by atoms with E-state index in [4.69, 9.17) is 29.6 Å². The van der Waals surface area contributed by atoms with Crippen LogP contribution in [-0.4, -0.2) is 18.1 Å². The van der Waals surface area contributed by atoms with Crippen molar-refractivity contribution >= 4 is 34.5 Å². The summed E-state index contributed by atoms with van der Waals surface area (Å²) < 4.78 is 0. The highest BCUT2D eigenvalue weighted by atomic mass is 35.5. The Morgan fingerprint density at radius 2 is 2.11 bits per heavy atom. The Morgan fingerprint density at radius 1 is 1.42 bits per heavy atom. The number of hydrogen-bond donors (Lipinski definition) is 1. The van der Waals surface area contributed by atoms with Crippen LogP contribution in [0.1, 0.15) is 38.7 Å². The first-order valence-corrected chi connectivity index (χ1v) is 7.64. The predicted octanol–water partition coefficient (Wildman–Crippen LogP) is 3.99. The molecule has 1 aromatic rings. The van der Waals surface area contributed by atoms with E-state index in [1.165, 1.54) is 19.3 Å². The lowest BCUT2D eigenvalue weighted by atomic mass is 9.82. The summed E-state index contributed by atoms with van der Waals surface area (Å²) in [5, 5.41) is 0.683. The van der Waals surface area contributed by atoms with Crippen LogP contribution < -0.4 is 10.6 Å². The number of halogens is 1. The third-order valence-electron chi connectivity index (χ3n) is 4.50. The summed E-state index contributed by atoms with van der Waals surface area (Å²) in [6, 6.07) is 5.83. The maximum absolute atomic E-state index is 6.04. The fourth-order valence-corrected chi connectivity index (χ4v) is 3.28. The van der Waals surface area contributed by atoms with Crippen LogP contribution in [0.3, 0.4) is 0 Å². The van der Waals surface area contributed by atoms with Gasteiger partial charge in [-0.2, -0.15) is 0 Å². The molecule has 0 spiro atoms. The summed E-state index contributed by atoms with van der Waals surface area (Å²) in [4.78, 5) is 2.82. The van der Waals surface area contributed by atoms with Gasteiger partial charge in [0, 0.05) is 29.4 Å². The molecule has 1 aliphatic rings. The van der Waals surface area contributed by atoms with Crippen LogP contribution in [0.5, 0.6) is 0 Å². The maximum Gasteiger partial charge on any atom is 0.106 e. The Labute approximate surface area is 125 Å². The number of rotatable bonds is 4. The number of thiocarbonyl (C=S) groups is 1. The van der Waals surface area contributed by atoms with Crippen molar-refractivity contribution < 1.29 is 0 Å². The van der Waals surface area contributed by atoms with Gasteiger partial charge < -0.3 is 10.6 Å². The number of nitrogens with zero attached hydrogens (tertiary/aromatic N) is 1. The van der Waals surface area contributed by atoms with Gasteiger partial charge in [-0.3, -0.25) is 0 Å². The summed E-state index contributed by atoms with van der Waals surface area (Å²) in [7, 11) is 0. The number of hydrogen-bond acceptors (Lipinski definition) is 2. The van der Waals surface area contributed by atoms with E-state index in [2.05, 4.69) is 18.7 Å². The van der Waals surface area contributed by atoms with Gasteiger partial charge in [-0.1, -0.05) is 37.7 Å². The van der Waals surface area contributed by atoms with Crippen LogP contribution in [0.4, 0.5) is 5.69 Å². The van der Waals surface area contributed by atoms with Crippen molar-refractivity contribution in [1.82, 2.24) is 0 Å². The SMILES string of the molecule is CCC1(CC)CCN(c2ccc(Cl)cc2C(N)=S)C1. The molecular formula is C15H21ClN2S. The number of anilines is 1. The van der Waals surface area contributed by atoms with Crippen LogP contribution in [0.15, 0.2) is 18.2 Å². The summed E-state index contributed by atoms with van der Waals surface area (Å²) >= 11 is 11.2. The third-order valence-corrected chi connectivity index (χ3v) is 4.96. The molecule has 2 rings (SSSR count). The average Bonchev–Trinajstić information content (AvgIpc) is 2.83. The van der Waals surface area contributed by atoms with Crippen LogP contribution >= 0.6 is 23.8 Å². The molecule has 1 fully saturated rings. The van der Waals surface area contributed by atoms with Crippen molar-refractivity contribution in [1.29, 1.82) is 0 Å². The Bertz CT molecular complexity index is 483. The van der Waals surface area contributed by atoms with E-state index in [9.17, 15) is 0 Å². The van der Waals surface area contributed by atoms with Crippen molar-refractivity contribution in [3.8, 4) is 0 Å². The number of nitrogens with two attached hydrogens (primary N) is 1. The zero-order valence-corrected chi connectivity index (χ0v) is 13.2. The van der Waals surface area contributed by atoms with Gasteiger partial charge in [0.15, 0.2) is 0 Å². The van der Waals surface area contributed by atoms with Crippen molar-refractivity contribution in [2.24, 2.45) is 11.1 Å². The van der Waals surface area contributed by atoms with Gasteiger partial charge >= 0.3 is 0 Å². The molecular weight excluding hydrogens is 276 g/mol. The molecule has 4 heteroatoms. The minimum Gasteiger partial charge on any atom is -0.389 e. The molecule has 0 bridgehead atoms. The molecule has 0 amide bonds. The maximum atomic E-state index is 6.04. The highest BCUT2D eigenvalue weighted by molar-refractivity contribution is 7.80. The summed E-state index contributed by atoms with van der Waals surface area (Å²) in [6.45, 7) is 6.71. The molecule has 2 nitrogen and oxygen atoms in total. The average molecular weight is 297 g/mol. The van der Waals surface area contributed by atoms with Crippen LogP contribution in [0, 0.1) is 5.41 Å². The largest absolute Gasteiger partial charge is 0.389 e. The van der Waals surface area contributed by atoms with Gasteiger partial charge in [0.05, 0.1) is 0 Å². The highest BCUT2D eigenvalue weighted by Gasteiger charge is 2.35. The summed E-state index contributed by atoms with van der Waals surface area (Å²) in [6.07, 6.45) is 3.67. The second kappa shape index (κ2) is 5.68. The lowest BCUT2D eigenvalue weighted by Crippen LogP contribution is -2.28. The minimum absolute atomic E-state index is 0.419. The Kier molecular flexibility index (Phi) is 4.36. The van der Waals surface area contributed by atoms with E-state index in [1.54, 1.807) is 0 Å². The molecule has 0 radical (unpaired) electrons. The molecule has 1 aromatic carbocycles. The Hall–Kier alpha value is -0.800. The quantitative estimate of drug-likeness (QED) is 0.852. The van der Waals surface area contributed by atoms with E-state index >= 15 is 0 Å². The molecule has 0 unspecified atom stereocenters. The van der Waals surface area contributed by atoms with E-state index in [0.29, 0.717) is 15.4 Å². The minimum atomic E-state index is 0.419. The Morgan fingerprint density at radius 3 is 2.63 bits per heavy atom. The second-order valence-corrected chi connectivity index (χ2v) is 6.28. The smallest absolute Gasteiger partial charge is 0.106 e. The van der Waals surface area contributed by atoms with Gasteiger partial charge in [-0.15, -0.1) is 0 Å². The normalized spacial score (nSPS) is 17.7. The zero-order chi connectivity index (χ0) is 14.0. The van der Waals surface area contributed by atoms with E-state index in [1.807, 2.05) is 18.2 Å². The van der Waals surface area contributed by atoms with Gasteiger partial charge in [-0.25, -0.2) is 0 Å². The first-order valence-electron chi connectivity index (χ1n) is 6.85. The van der Waals surface area contributed by atoms with Gasteiger partial charge in [0.2, 0.25) is 0 Å². The molecule has 19 heavy (non-hydrogen) atoms. The molecule has 0 aromatic heterocycles. The highest BCUT2D eigenvalue weighted by Crippen LogP contribution is 2.40. The Balaban J connectivity index is 2.31. The van der Waals surface area contributed by atoms with Crippen molar-refractivity contribution in [3.63, 3.8) is 0 Å². The third kappa shape index (κ3) is 2.87. The first kappa shape index (κ1) is 14.6. The van der Waals surface area contributed by atoms with Crippen LogP contribution in [0.25, 0.3) is 0 Å². The van der Waals surface area contributed by atoms with Gasteiger partial charge in [0.25, 0.3) is 0 Å². The topological polar surface area (TPSA) is 29.3 Å². The zero-order valence-electron chi connectivity index (χ0n) is 11.6. The fourth-order valence-electron chi connectivity index (χ4n) is 2.95. The molecule has 0 saturated carbocycles. The lowest BCUT2D eigenvalue weighted by Gasteiger charge is -2.28. The summed E-state index contributed by atoms with van der Waals surface area (Å²) in [5.74, 6) is 0. The molecule has 1 saturated heterocycles. The second-order valence-electron chi connectivity index (χ2n) is 5.40. The van der Waals surface area contributed by atoms with E-state index in [-0.39, 0.29) is 0 Å². The van der Waals surface area contributed by atoms with Gasteiger partial charge in [0.1, 0.15) is 4.99 Å². The summed E-state index contributed by atoms with van der Waals surface area (Å²) in [5.41, 5.74) is 8.29. The number of benzene rings is 1. The van der Waals surface area contributed by atoms with Crippen LogP contribution in [-0.2, 0) is 0 Å². The van der Waals surface area contributed by atoms with Gasteiger partial charge in [-0.05, 0) is 42.9 Å². The standard InChI is InChI=1S/C15H21ClN2S/c1-3-15(4-2)7-8-18(10-15)13-6-5-11(16)9-12(13)14(17)19/h5-6,9H,3-4,7-8,10H2,1-2H3,(H2,17,19). The monoisotopic (exact) mass is 296 g/mol. The molecule has 0 atom stereocenters. The molecule has 1 heterocycles. The van der Waals surface area contributed by atoms with E-state index < -0.39 is 0 Å². The van der Waals surface area contributed by atoms with E-state index in [0.717, 1.165) is 24.3 Å². The van der Waals surface area contributed by atoms with Crippen molar-refractivity contribution in [2.45, 2.75) is 33.1 Å². The lowest BCUT2D eigenvalue weighted by molar-refractivity contribution is 0.301. The van der Waals surface area contributed by atoms with Crippen molar-refractivity contribution in [2.75, 3.05) is 18.0 Å². The molecule has 0 aliphatic carbocycles. The molecule has 2 N–H and O–H groups in total.